The number of nitrogens with zero attached hydrogens (tertiary/aromatic N) is 2. The van der Waals surface area contributed by atoms with Gasteiger partial charge in [0.05, 0.1) is 5.56 Å². The summed E-state index contributed by atoms with van der Waals surface area (Å²) < 4.78 is 41.7. The fourth-order valence-corrected chi connectivity index (χ4v) is 3.46. The number of halogens is 3. The van der Waals surface area contributed by atoms with Crippen LogP contribution in [0.25, 0.3) is 10.8 Å². The Labute approximate surface area is 190 Å². The molecule has 0 saturated heterocycles. The van der Waals surface area contributed by atoms with Crippen molar-refractivity contribution in [2.45, 2.75) is 25.7 Å². The number of benzene rings is 3. The Morgan fingerprint density at radius 1 is 0.788 bits per heavy atom. The number of fused-ring (bicyclic) bond motifs is 1. The summed E-state index contributed by atoms with van der Waals surface area (Å²) in [5.41, 5.74) is 2.76. The van der Waals surface area contributed by atoms with E-state index in [9.17, 15) is 13.2 Å². The molecule has 0 N–H and O–H groups in total. The van der Waals surface area contributed by atoms with Crippen molar-refractivity contribution in [3.8, 4) is 11.8 Å². The number of rotatable bonds is 6. The molecule has 164 valence electrons. The van der Waals surface area contributed by atoms with E-state index in [1.807, 2.05) is 24.5 Å². The van der Waals surface area contributed by atoms with Crippen LogP contribution in [-0.4, -0.2) is 9.97 Å². The van der Waals surface area contributed by atoms with Crippen LogP contribution < -0.4 is 0 Å². The molecular formula is C28H21F3N2. The Kier molecular flexibility index (Phi) is 6.85. The van der Waals surface area contributed by atoms with Crippen LogP contribution in [0.1, 0.15) is 34.5 Å². The van der Waals surface area contributed by atoms with Crippen molar-refractivity contribution in [2.75, 3.05) is 0 Å². The standard InChI is InChI=1S/C28H21F3N2/c1-2-3-4-21-17-32-27(33-18-21)14-8-20-6-10-22(26(30)16-20)9-5-19-7-12-24-23(15-19)11-13-25(29)28(24)31/h2,6-7,10-13,15-18H,1,3-4,8,14H2. The fraction of sp³-hybridized carbons (Fsp3) is 0.143. The molecule has 4 rings (SSSR count). The first-order valence-electron chi connectivity index (χ1n) is 10.6. The van der Waals surface area contributed by atoms with Crippen LogP contribution >= 0.6 is 0 Å². The third kappa shape index (κ3) is 5.48. The summed E-state index contributed by atoms with van der Waals surface area (Å²) in [6, 6.07) is 12.2. The second-order valence-electron chi connectivity index (χ2n) is 7.70. The molecule has 5 heteroatoms. The highest BCUT2D eigenvalue weighted by Gasteiger charge is 2.07. The lowest BCUT2D eigenvalue weighted by Crippen LogP contribution is -2.00. The summed E-state index contributed by atoms with van der Waals surface area (Å²) in [4.78, 5) is 8.75. The zero-order valence-corrected chi connectivity index (χ0v) is 17.9. The summed E-state index contributed by atoms with van der Waals surface area (Å²) in [7, 11) is 0. The number of hydrogen-bond donors (Lipinski definition) is 0. The molecule has 0 aliphatic carbocycles. The average molecular weight is 442 g/mol. The van der Waals surface area contributed by atoms with E-state index in [0.717, 1.165) is 30.0 Å². The highest BCUT2D eigenvalue weighted by molar-refractivity contribution is 5.84. The molecule has 1 heterocycles. The van der Waals surface area contributed by atoms with Crippen LogP contribution in [0.15, 0.2) is 73.6 Å². The quantitative estimate of drug-likeness (QED) is 0.257. The van der Waals surface area contributed by atoms with Crippen LogP contribution in [0.4, 0.5) is 13.2 Å². The van der Waals surface area contributed by atoms with Crippen LogP contribution in [0.5, 0.6) is 0 Å². The molecule has 0 atom stereocenters. The van der Waals surface area contributed by atoms with Crippen LogP contribution in [-0.2, 0) is 19.3 Å². The van der Waals surface area contributed by atoms with Gasteiger partial charge in [0, 0.05) is 29.8 Å². The molecule has 0 unspecified atom stereocenters. The molecule has 1 aromatic heterocycles. The molecule has 3 aromatic carbocycles. The Hall–Kier alpha value is -3.91. The minimum Gasteiger partial charge on any atom is -0.241 e. The van der Waals surface area contributed by atoms with Crippen molar-refractivity contribution in [3.05, 3.63) is 119 Å². The van der Waals surface area contributed by atoms with Crippen molar-refractivity contribution in [2.24, 2.45) is 0 Å². The fourth-order valence-electron chi connectivity index (χ4n) is 3.46. The van der Waals surface area contributed by atoms with Gasteiger partial charge in [-0.1, -0.05) is 36.1 Å². The molecule has 0 spiro atoms. The Bertz CT molecular complexity index is 1370. The lowest BCUT2D eigenvalue weighted by atomic mass is 10.0. The summed E-state index contributed by atoms with van der Waals surface area (Å²) >= 11 is 0. The van der Waals surface area contributed by atoms with E-state index in [1.165, 1.54) is 18.2 Å². The van der Waals surface area contributed by atoms with Gasteiger partial charge < -0.3 is 0 Å². The highest BCUT2D eigenvalue weighted by Crippen LogP contribution is 2.21. The molecule has 0 aliphatic rings. The van der Waals surface area contributed by atoms with E-state index in [0.29, 0.717) is 29.6 Å². The van der Waals surface area contributed by atoms with Gasteiger partial charge in [0.1, 0.15) is 11.6 Å². The van der Waals surface area contributed by atoms with Gasteiger partial charge in [0.15, 0.2) is 11.6 Å². The van der Waals surface area contributed by atoms with E-state index in [-0.39, 0.29) is 10.9 Å². The summed E-state index contributed by atoms with van der Waals surface area (Å²) in [5.74, 6) is 4.24. The summed E-state index contributed by atoms with van der Waals surface area (Å²) in [5, 5.41) is 0.721. The van der Waals surface area contributed by atoms with Gasteiger partial charge in [-0.05, 0) is 66.1 Å². The van der Waals surface area contributed by atoms with Gasteiger partial charge in [-0.15, -0.1) is 6.58 Å². The van der Waals surface area contributed by atoms with Gasteiger partial charge in [0.25, 0.3) is 0 Å². The maximum Gasteiger partial charge on any atom is 0.166 e. The van der Waals surface area contributed by atoms with Crippen molar-refractivity contribution in [1.29, 1.82) is 0 Å². The highest BCUT2D eigenvalue weighted by atomic mass is 19.2. The summed E-state index contributed by atoms with van der Waals surface area (Å²) in [6.07, 6.45) is 8.49. The van der Waals surface area contributed by atoms with E-state index in [4.69, 9.17) is 0 Å². The largest absolute Gasteiger partial charge is 0.241 e. The van der Waals surface area contributed by atoms with Crippen LogP contribution in [0, 0.1) is 29.3 Å². The number of hydrogen-bond acceptors (Lipinski definition) is 2. The minimum atomic E-state index is -0.893. The van der Waals surface area contributed by atoms with Crippen LogP contribution in [0.3, 0.4) is 0 Å². The van der Waals surface area contributed by atoms with Gasteiger partial charge in [0.2, 0.25) is 0 Å². The first kappa shape index (κ1) is 22.3. The lowest BCUT2D eigenvalue weighted by molar-refractivity contribution is 0.517. The monoisotopic (exact) mass is 442 g/mol. The molecule has 0 amide bonds. The molecule has 0 bridgehead atoms. The Morgan fingerprint density at radius 2 is 1.61 bits per heavy atom. The van der Waals surface area contributed by atoms with Gasteiger partial charge in [-0.25, -0.2) is 23.1 Å². The van der Waals surface area contributed by atoms with E-state index in [2.05, 4.69) is 28.4 Å². The lowest BCUT2D eigenvalue weighted by Gasteiger charge is -2.04. The molecule has 0 saturated carbocycles. The second kappa shape index (κ2) is 10.1. The number of allylic oxidation sites excluding steroid dienone is 1. The molecule has 0 aliphatic heterocycles. The topological polar surface area (TPSA) is 25.8 Å². The second-order valence-corrected chi connectivity index (χ2v) is 7.70. The zero-order valence-electron chi connectivity index (χ0n) is 17.9. The summed E-state index contributed by atoms with van der Waals surface area (Å²) in [6.45, 7) is 3.71. The Morgan fingerprint density at radius 3 is 2.36 bits per heavy atom. The first-order valence-corrected chi connectivity index (χ1v) is 10.6. The number of aromatic nitrogens is 2. The van der Waals surface area contributed by atoms with Crippen molar-refractivity contribution < 1.29 is 13.2 Å². The molecule has 33 heavy (non-hydrogen) atoms. The SMILES string of the molecule is C=CCCc1cnc(CCc2ccc(C#Cc3ccc4c(F)c(F)ccc4c3)c(F)c2)nc1. The van der Waals surface area contributed by atoms with Gasteiger partial charge >= 0.3 is 0 Å². The van der Waals surface area contributed by atoms with Crippen LogP contribution in [0.2, 0.25) is 0 Å². The maximum atomic E-state index is 14.6. The van der Waals surface area contributed by atoms with Crippen molar-refractivity contribution >= 4 is 10.8 Å². The van der Waals surface area contributed by atoms with E-state index >= 15 is 0 Å². The van der Waals surface area contributed by atoms with Crippen molar-refractivity contribution in [1.82, 2.24) is 9.97 Å². The van der Waals surface area contributed by atoms with E-state index in [1.54, 1.807) is 18.2 Å². The van der Waals surface area contributed by atoms with E-state index < -0.39 is 17.5 Å². The van der Waals surface area contributed by atoms with Crippen molar-refractivity contribution in [3.63, 3.8) is 0 Å². The smallest absolute Gasteiger partial charge is 0.166 e. The minimum absolute atomic E-state index is 0.187. The number of aryl methyl sites for hydroxylation is 3. The molecule has 2 nitrogen and oxygen atoms in total. The zero-order chi connectivity index (χ0) is 23.2. The maximum absolute atomic E-state index is 14.6. The normalized spacial score (nSPS) is 10.6. The van der Waals surface area contributed by atoms with Gasteiger partial charge in [-0.3, -0.25) is 0 Å². The third-order valence-electron chi connectivity index (χ3n) is 5.32. The molecule has 0 radical (unpaired) electrons. The third-order valence-corrected chi connectivity index (χ3v) is 5.32. The molecule has 4 aromatic rings. The Balaban J connectivity index is 1.43. The van der Waals surface area contributed by atoms with Gasteiger partial charge in [-0.2, -0.15) is 0 Å². The molecular weight excluding hydrogens is 421 g/mol. The molecule has 0 fully saturated rings. The first-order chi connectivity index (χ1) is 16.0. The predicted octanol–water partition coefficient (Wildman–Crippen LogP) is 6.35. The average Bonchev–Trinajstić information content (AvgIpc) is 2.84. The predicted molar refractivity (Wildman–Crippen MR) is 124 cm³/mol.